The molecule has 1 atom stereocenters. The molecule has 4 rings (SSSR count). The molecule has 0 N–H and O–H groups in total. The summed E-state index contributed by atoms with van der Waals surface area (Å²) < 4.78 is 29.8. The van der Waals surface area contributed by atoms with Gasteiger partial charge in [-0.1, -0.05) is 18.3 Å². The van der Waals surface area contributed by atoms with Crippen molar-refractivity contribution in [1.82, 2.24) is 9.97 Å². The lowest BCUT2D eigenvalue weighted by atomic mass is 10.3. The van der Waals surface area contributed by atoms with Gasteiger partial charge in [0, 0.05) is 42.9 Å². The van der Waals surface area contributed by atoms with Gasteiger partial charge in [0.05, 0.1) is 6.61 Å². The Labute approximate surface area is 173 Å². The van der Waals surface area contributed by atoms with Gasteiger partial charge in [-0.25, -0.2) is 14.4 Å². The largest absolute Gasteiger partial charge is 0.488 e. The molecule has 8 heteroatoms. The first-order valence-corrected chi connectivity index (χ1v) is 10.7. The van der Waals surface area contributed by atoms with E-state index in [0.29, 0.717) is 23.6 Å². The lowest BCUT2D eigenvalue weighted by Crippen LogP contribution is -2.25. The predicted octanol–water partition coefficient (Wildman–Crippen LogP) is 4.81. The molecule has 1 aliphatic rings. The zero-order chi connectivity index (χ0) is 20.1. The molecule has 6 nitrogen and oxygen atoms in total. The van der Waals surface area contributed by atoms with E-state index in [9.17, 15) is 4.39 Å². The van der Waals surface area contributed by atoms with Gasteiger partial charge in [0.25, 0.3) is 0 Å². The van der Waals surface area contributed by atoms with Crippen LogP contribution in [0.5, 0.6) is 5.75 Å². The highest BCUT2D eigenvalue weighted by molar-refractivity contribution is 7.16. The van der Waals surface area contributed by atoms with Gasteiger partial charge in [0.2, 0.25) is 5.89 Å². The Bertz CT molecular complexity index is 959. The van der Waals surface area contributed by atoms with E-state index in [0.717, 1.165) is 48.2 Å². The van der Waals surface area contributed by atoms with Gasteiger partial charge in [-0.05, 0) is 31.1 Å². The minimum Gasteiger partial charge on any atom is -0.488 e. The smallest absolute Gasteiger partial charge is 0.220 e. The Morgan fingerprint density at radius 1 is 1.31 bits per heavy atom. The first-order chi connectivity index (χ1) is 14.2. The molecule has 0 aliphatic carbocycles. The van der Waals surface area contributed by atoms with Gasteiger partial charge >= 0.3 is 0 Å². The zero-order valence-corrected chi connectivity index (χ0v) is 17.2. The number of fused-ring (bicyclic) bond motifs is 1. The molecule has 0 bridgehead atoms. The third-order valence-corrected chi connectivity index (χ3v) is 5.72. The standard InChI is InChI=1S/C21H24FN3O3S/c1-2-15(13-22)27-16-4-6-18-19(12-16)28-20(24-18)7-5-17-14-23-21(29-17)25-8-3-10-26-11-9-25/h4-7,12,14-15H,2-3,8-11,13H2,1H3/b7-5+. The monoisotopic (exact) mass is 417 g/mol. The molecular weight excluding hydrogens is 393 g/mol. The zero-order valence-electron chi connectivity index (χ0n) is 16.3. The molecule has 0 amide bonds. The molecule has 1 aliphatic heterocycles. The summed E-state index contributed by atoms with van der Waals surface area (Å²) >= 11 is 1.64. The highest BCUT2D eigenvalue weighted by Crippen LogP contribution is 2.27. The van der Waals surface area contributed by atoms with E-state index in [2.05, 4.69) is 14.9 Å². The van der Waals surface area contributed by atoms with Crippen molar-refractivity contribution in [2.45, 2.75) is 25.9 Å². The van der Waals surface area contributed by atoms with Crippen LogP contribution in [0.1, 0.15) is 30.5 Å². The number of oxazole rings is 1. The maximum absolute atomic E-state index is 12.9. The summed E-state index contributed by atoms with van der Waals surface area (Å²) in [5.74, 6) is 1.09. The second-order valence-corrected chi connectivity index (χ2v) is 7.86. The quantitative estimate of drug-likeness (QED) is 0.550. The number of nitrogens with zero attached hydrogens (tertiary/aromatic N) is 3. The highest BCUT2D eigenvalue weighted by atomic mass is 32.1. The second kappa shape index (κ2) is 9.37. The molecule has 0 radical (unpaired) electrons. The number of rotatable bonds is 7. The van der Waals surface area contributed by atoms with Crippen LogP contribution in [0, 0.1) is 0 Å². The van der Waals surface area contributed by atoms with Crippen LogP contribution in [0.15, 0.2) is 28.8 Å². The van der Waals surface area contributed by atoms with E-state index >= 15 is 0 Å². The number of alkyl halides is 1. The Balaban J connectivity index is 1.45. The van der Waals surface area contributed by atoms with E-state index < -0.39 is 12.8 Å². The number of aromatic nitrogens is 2. The van der Waals surface area contributed by atoms with Crippen molar-refractivity contribution in [3.05, 3.63) is 35.2 Å². The average molecular weight is 418 g/mol. The number of hydrogen-bond donors (Lipinski definition) is 0. The van der Waals surface area contributed by atoms with Crippen molar-refractivity contribution in [1.29, 1.82) is 0 Å². The summed E-state index contributed by atoms with van der Waals surface area (Å²) in [6.07, 6.45) is 6.84. The van der Waals surface area contributed by atoms with E-state index in [1.165, 1.54) is 0 Å². The number of hydrogen-bond acceptors (Lipinski definition) is 7. The van der Waals surface area contributed by atoms with Crippen LogP contribution in [0.3, 0.4) is 0 Å². The van der Waals surface area contributed by atoms with E-state index in [1.807, 2.05) is 31.3 Å². The summed E-state index contributed by atoms with van der Waals surface area (Å²) in [6.45, 7) is 4.77. The van der Waals surface area contributed by atoms with Gasteiger partial charge < -0.3 is 18.8 Å². The fraction of sp³-hybridized carbons (Fsp3) is 0.429. The third kappa shape index (κ3) is 4.94. The molecule has 0 spiro atoms. The number of thiazole rings is 1. The molecule has 1 saturated heterocycles. The Kier molecular flexibility index (Phi) is 6.41. The van der Waals surface area contributed by atoms with Gasteiger partial charge in [0.1, 0.15) is 24.0 Å². The molecule has 1 aromatic carbocycles. The predicted molar refractivity (Wildman–Crippen MR) is 113 cm³/mol. The molecule has 29 heavy (non-hydrogen) atoms. The van der Waals surface area contributed by atoms with Crippen LogP contribution in [-0.2, 0) is 4.74 Å². The third-order valence-electron chi connectivity index (χ3n) is 4.70. The summed E-state index contributed by atoms with van der Waals surface area (Å²) in [5, 5.41) is 1.01. The van der Waals surface area contributed by atoms with Gasteiger partial charge in [-0.3, -0.25) is 0 Å². The summed E-state index contributed by atoms with van der Waals surface area (Å²) in [5.41, 5.74) is 1.35. The van der Waals surface area contributed by atoms with Gasteiger partial charge in [-0.15, -0.1) is 0 Å². The topological polar surface area (TPSA) is 60.6 Å². The van der Waals surface area contributed by atoms with Gasteiger partial charge in [-0.2, -0.15) is 0 Å². The second-order valence-electron chi connectivity index (χ2n) is 6.82. The van der Waals surface area contributed by atoms with Crippen molar-refractivity contribution in [2.24, 2.45) is 0 Å². The van der Waals surface area contributed by atoms with Crippen molar-refractivity contribution >= 4 is 39.7 Å². The van der Waals surface area contributed by atoms with Crippen LogP contribution in [0.25, 0.3) is 23.3 Å². The maximum atomic E-state index is 12.9. The van der Waals surface area contributed by atoms with Crippen molar-refractivity contribution < 1.29 is 18.3 Å². The Morgan fingerprint density at radius 2 is 2.24 bits per heavy atom. The average Bonchev–Trinajstić information content (AvgIpc) is 3.28. The lowest BCUT2D eigenvalue weighted by Gasteiger charge is -2.17. The molecule has 0 saturated carbocycles. The first-order valence-electron chi connectivity index (χ1n) is 9.85. The normalized spacial score (nSPS) is 16.4. The molecule has 3 aromatic rings. The molecule has 3 heterocycles. The first kappa shape index (κ1) is 19.8. The summed E-state index contributed by atoms with van der Waals surface area (Å²) in [7, 11) is 0. The fourth-order valence-corrected chi connectivity index (χ4v) is 3.94. The Morgan fingerprint density at radius 3 is 3.10 bits per heavy atom. The van der Waals surface area contributed by atoms with Crippen LogP contribution >= 0.6 is 11.3 Å². The summed E-state index contributed by atoms with van der Waals surface area (Å²) in [6, 6.07) is 5.36. The number of ether oxygens (including phenoxy) is 2. The lowest BCUT2D eigenvalue weighted by molar-refractivity contribution is 0.152. The van der Waals surface area contributed by atoms with E-state index in [-0.39, 0.29) is 0 Å². The van der Waals surface area contributed by atoms with Crippen molar-refractivity contribution in [3.8, 4) is 5.75 Å². The fourth-order valence-electron chi connectivity index (χ4n) is 3.07. The highest BCUT2D eigenvalue weighted by Gasteiger charge is 2.13. The van der Waals surface area contributed by atoms with Crippen LogP contribution in [0.2, 0.25) is 0 Å². The van der Waals surface area contributed by atoms with E-state index in [1.54, 1.807) is 23.5 Å². The molecule has 154 valence electrons. The molecule has 1 unspecified atom stereocenters. The van der Waals surface area contributed by atoms with Crippen LogP contribution in [-0.4, -0.2) is 49.0 Å². The Hall–Kier alpha value is -2.45. The minimum absolute atomic E-state index is 0.439. The van der Waals surface area contributed by atoms with Crippen molar-refractivity contribution in [3.63, 3.8) is 0 Å². The SMILES string of the molecule is CCC(CF)Oc1ccc2nc(/C=C/c3cnc(N4CCCOCC4)s3)oc2c1. The number of halogens is 1. The van der Waals surface area contributed by atoms with Gasteiger partial charge in [0.15, 0.2) is 10.7 Å². The van der Waals surface area contributed by atoms with Crippen LogP contribution in [0.4, 0.5) is 9.52 Å². The number of benzene rings is 1. The van der Waals surface area contributed by atoms with Crippen molar-refractivity contribution in [2.75, 3.05) is 37.9 Å². The molecule has 2 aromatic heterocycles. The van der Waals surface area contributed by atoms with Crippen LogP contribution < -0.4 is 9.64 Å². The number of anilines is 1. The molecular formula is C21H24FN3O3S. The maximum Gasteiger partial charge on any atom is 0.220 e. The summed E-state index contributed by atoms with van der Waals surface area (Å²) in [4.78, 5) is 12.3. The van der Waals surface area contributed by atoms with E-state index in [4.69, 9.17) is 13.9 Å². The minimum atomic E-state index is -0.514. The molecule has 1 fully saturated rings.